The molecule has 5 rings (SSSR count). The highest BCUT2D eigenvalue weighted by Crippen LogP contribution is 2.31. The summed E-state index contributed by atoms with van der Waals surface area (Å²) in [6.45, 7) is 2.59. The van der Waals surface area contributed by atoms with E-state index >= 15 is 0 Å². The second-order valence-electron chi connectivity index (χ2n) is 8.55. The highest BCUT2D eigenvalue weighted by molar-refractivity contribution is 7.89. The first-order valence-corrected chi connectivity index (χ1v) is 13.5. The summed E-state index contributed by atoms with van der Waals surface area (Å²) < 4.78 is 28.5. The largest absolute Gasteiger partial charge is 0.326 e. The summed E-state index contributed by atoms with van der Waals surface area (Å²) in [7, 11) is -3.54. The fraction of sp³-hybridized carbons (Fsp3) is 0.231. The van der Waals surface area contributed by atoms with E-state index in [1.54, 1.807) is 35.6 Å². The average Bonchev–Trinajstić information content (AvgIpc) is 3.29. The van der Waals surface area contributed by atoms with Crippen LogP contribution in [0.3, 0.4) is 0 Å². The van der Waals surface area contributed by atoms with Crippen LogP contribution in [0.1, 0.15) is 18.4 Å². The number of nitrogens with zero attached hydrogens (tertiary/aromatic N) is 2. The second kappa shape index (κ2) is 9.29. The molecule has 174 valence electrons. The molecule has 3 aromatic carbocycles. The van der Waals surface area contributed by atoms with E-state index in [1.165, 1.54) is 4.31 Å². The van der Waals surface area contributed by atoms with Crippen molar-refractivity contribution in [2.24, 2.45) is 5.92 Å². The number of hydrogen-bond donors (Lipinski definition) is 1. The highest BCUT2D eigenvalue weighted by Gasteiger charge is 2.32. The third-order valence-corrected chi connectivity index (χ3v) is 9.15. The van der Waals surface area contributed by atoms with E-state index in [4.69, 9.17) is 4.98 Å². The summed E-state index contributed by atoms with van der Waals surface area (Å²) in [6.07, 6.45) is 0.989. The van der Waals surface area contributed by atoms with Gasteiger partial charge in [-0.3, -0.25) is 4.79 Å². The normalized spacial score (nSPS) is 15.4. The highest BCUT2D eigenvalue weighted by atomic mass is 32.2. The van der Waals surface area contributed by atoms with Crippen molar-refractivity contribution in [3.8, 4) is 10.6 Å². The SMILES string of the molecule is Cc1ccc(S(=O)(=O)N2CCC(C(=O)Nc3cccc(-c4nc5ccccc5s4)c3)CC2)cc1. The molecule has 0 saturated carbocycles. The van der Waals surface area contributed by atoms with Crippen LogP contribution >= 0.6 is 11.3 Å². The Kier molecular flexibility index (Phi) is 6.20. The molecule has 0 atom stereocenters. The molecule has 0 radical (unpaired) electrons. The molecule has 4 aromatic rings. The number of benzene rings is 3. The summed E-state index contributed by atoms with van der Waals surface area (Å²) in [5.41, 5.74) is 3.65. The Morgan fingerprint density at radius 1 is 1.00 bits per heavy atom. The van der Waals surface area contributed by atoms with E-state index in [2.05, 4.69) is 5.32 Å². The predicted molar refractivity (Wildman–Crippen MR) is 136 cm³/mol. The molecular formula is C26H25N3O3S2. The van der Waals surface area contributed by atoms with E-state index in [1.807, 2.05) is 55.5 Å². The van der Waals surface area contributed by atoms with Gasteiger partial charge in [0.05, 0.1) is 15.1 Å². The maximum Gasteiger partial charge on any atom is 0.243 e. The fourth-order valence-electron chi connectivity index (χ4n) is 4.19. The first-order chi connectivity index (χ1) is 16.4. The van der Waals surface area contributed by atoms with Crippen LogP contribution in [0.25, 0.3) is 20.8 Å². The van der Waals surface area contributed by atoms with Gasteiger partial charge in [0.2, 0.25) is 15.9 Å². The average molecular weight is 492 g/mol. The van der Waals surface area contributed by atoms with Crippen molar-refractivity contribution in [2.75, 3.05) is 18.4 Å². The van der Waals surface area contributed by atoms with E-state index in [0.29, 0.717) is 30.8 Å². The van der Waals surface area contributed by atoms with Crippen molar-refractivity contribution >= 4 is 43.2 Å². The summed E-state index contributed by atoms with van der Waals surface area (Å²) in [5, 5.41) is 3.93. The number of nitrogens with one attached hydrogen (secondary N) is 1. The molecule has 0 aliphatic carbocycles. The van der Waals surface area contributed by atoms with E-state index in [-0.39, 0.29) is 11.8 Å². The van der Waals surface area contributed by atoms with Gasteiger partial charge in [-0.05, 0) is 56.2 Å². The first-order valence-electron chi connectivity index (χ1n) is 11.2. The topological polar surface area (TPSA) is 79.4 Å². The molecule has 34 heavy (non-hydrogen) atoms. The van der Waals surface area contributed by atoms with Crippen LogP contribution < -0.4 is 5.32 Å². The van der Waals surface area contributed by atoms with Crippen LogP contribution in [-0.2, 0) is 14.8 Å². The molecule has 8 heteroatoms. The molecule has 1 fully saturated rings. The quantitative estimate of drug-likeness (QED) is 0.410. The Bertz CT molecular complexity index is 1400. The number of carbonyl (C=O) groups is 1. The lowest BCUT2D eigenvalue weighted by Gasteiger charge is -2.30. The van der Waals surface area contributed by atoms with Gasteiger partial charge in [0.15, 0.2) is 0 Å². The van der Waals surface area contributed by atoms with Crippen molar-refractivity contribution in [1.29, 1.82) is 0 Å². The van der Waals surface area contributed by atoms with Gasteiger partial charge in [-0.15, -0.1) is 11.3 Å². The molecule has 1 N–H and O–H groups in total. The van der Waals surface area contributed by atoms with Gasteiger partial charge >= 0.3 is 0 Å². The molecular weight excluding hydrogens is 466 g/mol. The summed E-state index contributed by atoms with van der Waals surface area (Å²) in [6, 6.07) is 22.6. The Balaban J connectivity index is 1.23. The molecule has 1 aliphatic rings. The molecule has 1 amide bonds. The number of aromatic nitrogens is 1. The van der Waals surface area contributed by atoms with Gasteiger partial charge < -0.3 is 5.32 Å². The van der Waals surface area contributed by atoms with Crippen molar-refractivity contribution in [1.82, 2.24) is 9.29 Å². The third-order valence-electron chi connectivity index (χ3n) is 6.15. The van der Waals surface area contributed by atoms with Gasteiger partial charge in [-0.25, -0.2) is 13.4 Å². The van der Waals surface area contributed by atoms with Crippen molar-refractivity contribution in [3.63, 3.8) is 0 Å². The van der Waals surface area contributed by atoms with Crippen LogP contribution in [0, 0.1) is 12.8 Å². The lowest BCUT2D eigenvalue weighted by Crippen LogP contribution is -2.41. The van der Waals surface area contributed by atoms with Crippen LogP contribution in [0.5, 0.6) is 0 Å². The summed E-state index contributed by atoms with van der Waals surface area (Å²) in [5.74, 6) is -0.301. The third kappa shape index (κ3) is 4.61. The number of carbonyl (C=O) groups excluding carboxylic acids is 1. The Morgan fingerprint density at radius 2 is 1.74 bits per heavy atom. The van der Waals surface area contributed by atoms with Crippen molar-refractivity contribution in [3.05, 3.63) is 78.4 Å². The predicted octanol–water partition coefficient (Wildman–Crippen LogP) is 5.31. The fourth-order valence-corrected chi connectivity index (χ4v) is 6.62. The number of piperidine rings is 1. The lowest BCUT2D eigenvalue weighted by atomic mass is 9.97. The molecule has 0 unspecified atom stereocenters. The van der Waals surface area contributed by atoms with Gasteiger partial charge in [0, 0.05) is 30.3 Å². The number of anilines is 1. The second-order valence-corrected chi connectivity index (χ2v) is 11.5. The van der Waals surface area contributed by atoms with Crippen LogP contribution in [0.15, 0.2) is 77.7 Å². The maximum absolute atomic E-state index is 12.9. The van der Waals surface area contributed by atoms with Gasteiger partial charge in [-0.1, -0.05) is 42.0 Å². The van der Waals surface area contributed by atoms with Crippen molar-refractivity contribution < 1.29 is 13.2 Å². The molecule has 1 saturated heterocycles. The molecule has 0 bridgehead atoms. The van der Waals surface area contributed by atoms with Gasteiger partial charge in [0.1, 0.15) is 5.01 Å². The number of thiazole rings is 1. The molecule has 6 nitrogen and oxygen atoms in total. The molecule has 0 spiro atoms. The Hall–Kier alpha value is -3.07. The van der Waals surface area contributed by atoms with Gasteiger partial charge in [0.25, 0.3) is 0 Å². The number of sulfonamides is 1. The molecule has 2 heterocycles. The van der Waals surface area contributed by atoms with Crippen LogP contribution in [-0.4, -0.2) is 36.7 Å². The standard InChI is InChI=1S/C26H25N3O3S2/c1-18-9-11-22(12-10-18)34(31,32)29-15-13-19(14-16-29)25(30)27-21-6-4-5-20(17-21)26-28-23-7-2-3-8-24(23)33-26/h2-12,17,19H,13-16H2,1H3,(H,27,30). The summed E-state index contributed by atoms with van der Waals surface area (Å²) in [4.78, 5) is 17.9. The van der Waals surface area contributed by atoms with E-state index in [9.17, 15) is 13.2 Å². The van der Waals surface area contributed by atoms with Crippen LogP contribution in [0.2, 0.25) is 0 Å². The molecule has 1 aliphatic heterocycles. The Morgan fingerprint density at radius 3 is 2.47 bits per heavy atom. The minimum atomic E-state index is -3.54. The van der Waals surface area contributed by atoms with Gasteiger partial charge in [-0.2, -0.15) is 4.31 Å². The zero-order chi connectivity index (χ0) is 23.7. The monoisotopic (exact) mass is 491 g/mol. The number of para-hydroxylation sites is 1. The van der Waals surface area contributed by atoms with Crippen LogP contribution in [0.4, 0.5) is 5.69 Å². The smallest absolute Gasteiger partial charge is 0.243 e. The number of fused-ring (bicyclic) bond motifs is 1. The first kappa shape index (κ1) is 22.7. The minimum Gasteiger partial charge on any atom is -0.326 e. The van der Waals surface area contributed by atoms with Crippen molar-refractivity contribution in [2.45, 2.75) is 24.7 Å². The zero-order valence-electron chi connectivity index (χ0n) is 18.8. The molecule has 1 aromatic heterocycles. The van der Waals surface area contributed by atoms with E-state index in [0.717, 1.165) is 32.0 Å². The zero-order valence-corrected chi connectivity index (χ0v) is 20.4. The van der Waals surface area contributed by atoms with E-state index < -0.39 is 10.0 Å². The summed E-state index contributed by atoms with van der Waals surface area (Å²) >= 11 is 1.62. The lowest BCUT2D eigenvalue weighted by molar-refractivity contribution is -0.120. The minimum absolute atomic E-state index is 0.0752. The number of aryl methyl sites for hydroxylation is 1. The number of hydrogen-bond acceptors (Lipinski definition) is 5. The number of amides is 1. The number of rotatable bonds is 5. The Labute approximate surface area is 203 Å². The maximum atomic E-state index is 12.9.